The van der Waals surface area contributed by atoms with Crippen LogP contribution in [0.15, 0.2) is 104 Å². The number of amides is 2. The Bertz CT molecular complexity index is 2870. The van der Waals surface area contributed by atoms with Crippen LogP contribution in [0.2, 0.25) is 0 Å². The average Bonchev–Trinajstić information content (AvgIpc) is 3.10. The maximum atomic E-state index is 13.4. The van der Waals surface area contributed by atoms with E-state index in [1.165, 1.54) is 49.4 Å². The summed E-state index contributed by atoms with van der Waals surface area (Å²) in [6.07, 6.45) is 1.98. The van der Waals surface area contributed by atoms with Gasteiger partial charge >= 0.3 is 6.03 Å². The molecule has 0 unspecified atom stereocenters. The summed E-state index contributed by atoms with van der Waals surface area (Å²) in [7, 11) is -14.5. The van der Waals surface area contributed by atoms with Gasteiger partial charge in [-0.1, -0.05) is 18.2 Å². The molecule has 0 radical (unpaired) electrons. The van der Waals surface area contributed by atoms with Crippen molar-refractivity contribution in [1.29, 1.82) is 0 Å². The fraction of sp³-hybridized carbons (Fsp3) is 0.0571. The van der Waals surface area contributed by atoms with E-state index in [9.17, 15) is 53.3 Å². The van der Waals surface area contributed by atoms with E-state index in [2.05, 4.69) is 31.7 Å². The first kappa shape index (κ1) is 39.3. The van der Waals surface area contributed by atoms with Crippen LogP contribution in [0.1, 0.15) is 43.0 Å². The first-order valence-electron chi connectivity index (χ1n) is 15.9. The van der Waals surface area contributed by atoms with E-state index in [0.717, 1.165) is 29.8 Å². The molecule has 0 bridgehead atoms. The molecule has 4 aromatic carbocycles. The van der Waals surface area contributed by atoms with Crippen LogP contribution in [0, 0.1) is 13.8 Å². The molecule has 56 heavy (non-hydrogen) atoms. The quantitative estimate of drug-likeness (QED) is 0.0866. The van der Waals surface area contributed by atoms with Gasteiger partial charge in [-0.25, -0.2) is 4.79 Å². The molecule has 2 amide bonds. The molecule has 0 saturated carbocycles. The van der Waals surface area contributed by atoms with Gasteiger partial charge in [-0.2, -0.15) is 35.5 Å². The van der Waals surface area contributed by atoms with Crippen molar-refractivity contribution >= 4 is 94.3 Å². The first-order chi connectivity index (χ1) is 26.2. The zero-order chi connectivity index (χ0) is 40.7. The van der Waals surface area contributed by atoms with E-state index < -0.39 is 74.1 Å². The number of nitrogens with one attached hydrogen (secondary N) is 4. The van der Waals surface area contributed by atoms with Crippen molar-refractivity contribution in [3.63, 3.8) is 0 Å². The third-order valence-corrected chi connectivity index (χ3v) is 10.9. The predicted octanol–water partition coefficient (Wildman–Crippen LogP) is 4.98. The molecule has 4 aromatic rings. The maximum Gasteiger partial charge on any atom is 0.323 e. The highest BCUT2D eigenvalue weighted by Gasteiger charge is 2.34. The number of hydrogen-bond donors (Lipinski definition) is 7. The lowest BCUT2D eigenvalue weighted by Gasteiger charge is -2.18. The summed E-state index contributed by atoms with van der Waals surface area (Å²) in [6.45, 7) is 3.23. The van der Waals surface area contributed by atoms with Gasteiger partial charge in [-0.05, 0) is 109 Å². The second-order valence-electron chi connectivity index (χ2n) is 12.2. The number of carbonyl (C=O) groups excluding carboxylic acids is 3. The molecular weight excluding hydrogens is 793 g/mol. The summed E-state index contributed by atoms with van der Waals surface area (Å²) in [4.78, 5) is 37.7. The van der Waals surface area contributed by atoms with E-state index in [-0.39, 0.29) is 44.9 Å². The summed E-state index contributed by atoms with van der Waals surface area (Å²) >= 11 is 0. The molecule has 0 spiro atoms. The maximum absolute atomic E-state index is 13.4. The van der Waals surface area contributed by atoms with E-state index >= 15 is 0 Å². The number of anilines is 4. The lowest BCUT2D eigenvalue weighted by molar-refractivity contribution is 0.105. The lowest BCUT2D eigenvalue weighted by Crippen LogP contribution is -2.27. The Labute approximate surface area is 319 Å². The molecule has 21 heteroatoms. The predicted molar refractivity (Wildman–Crippen MR) is 208 cm³/mol. The van der Waals surface area contributed by atoms with Crippen LogP contribution in [0.5, 0.6) is 0 Å². The molecule has 0 atom stereocenters. The third kappa shape index (κ3) is 8.31. The molecule has 6 rings (SSSR count). The minimum absolute atomic E-state index is 0.0161. The van der Waals surface area contributed by atoms with Crippen LogP contribution in [0.4, 0.5) is 27.5 Å². The minimum atomic E-state index is -5.05. The van der Waals surface area contributed by atoms with Crippen molar-refractivity contribution in [2.75, 3.05) is 21.5 Å². The van der Waals surface area contributed by atoms with Gasteiger partial charge in [0.05, 0.1) is 16.3 Å². The largest absolute Gasteiger partial charge is 0.323 e. The number of allylic oxidation sites excluding steroid dienone is 2. The number of nitrogens with zero attached hydrogens (tertiary/aromatic N) is 2. The number of hydrazone groups is 2. The molecule has 0 aromatic heterocycles. The second-order valence-corrected chi connectivity index (χ2v) is 16.4. The topological polar surface area (TPSA) is 287 Å². The second kappa shape index (κ2) is 14.7. The van der Waals surface area contributed by atoms with E-state index in [1.807, 2.05) is 0 Å². The number of ketones is 2. The van der Waals surface area contributed by atoms with Crippen molar-refractivity contribution in [1.82, 2.24) is 0 Å². The van der Waals surface area contributed by atoms with E-state index in [4.69, 9.17) is 0 Å². The molecule has 2 aliphatic carbocycles. The normalized spacial score (nSPS) is 15.7. The fourth-order valence-electron chi connectivity index (χ4n) is 5.58. The lowest BCUT2D eigenvalue weighted by atomic mass is 9.94. The SMILES string of the molecule is Cc1ccccc1N/N=C1/C(=O)c2ccc(NC(=O)Nc3ccc4c(c3)C=C(S(=O)(=O)O)/C(=N/Nc3ccc(S(=O)(=O)O)cc3C)C4=O)cc2C=C1S(=O)(=O)O. The smallest absolute Gasteiger partial charge is 0.308 e. The summed E-state index contributed by atoms with van der Waals surface area (Å²) in [5, 5.41) is 12.9. The molecular formula is C35H28N6O12S3. The number of rotatable bonds is 9. The number of urea groups is 1. The van der Waals surface area contributed by atoms with Crippen molar-refractivity contribution in [2.24, 2.45) is 10.2 Å². The van der Waals surface area contributed by atoms with Gasteiger partial charge in [0.2, 0.25) is 11.6 Å². The van der Waals surface area contributed by atoms with Gasteiger partial charge in [0, 0.05) is 22.5 Å². The Balaban J connectivity index is 1.22. The van der Waals surface area contributed by atoms with Crippen molar-refractivity contribution in [3.05, 3.63) is 122 Å². The van der Waals surface area contributed by atoms with Crippen molar-refractivity contribution in [3.8, 4) is 0 Å². The molecule has 7 N–H and O–H groups in total. The van der Waals surface area contributed by atoms with Gasteiger partial charge in [-0.15, -0.1) is 0 Å². The van der Waals surface area contributed by atoms with Gasteiger partial charge in [0.25, 0.3) is 30.4 Å². The monoisotopic (exact) mass is 820 g/mol. The van der Waals surface area contributed by atoms with Gasteiger partial charge in [0.15, 0.2) is 11.4 Å². The van der Waals surface area contributed by atoms with Crippen molar-refractivity contribution < 1.29 is 53.3 Å². The van der Waals surface area contributed by atoms with Gasteiger partial charge in [0.1, 0.15) is 9.81 Å². The fourth-order valence-corrected chi connectivity index (χ4v) is 7.47. The minimum Gasteiger partial charge on any atom is -0.308 e. The van der Waals surface area contributed by atoms with E-state index in [0.29, 0.717) is 5.69 Å². The number of Topliss-reactive ketones (excluding diaryl/α,β-unsaturated/α-hetero) is 2. The van der Waals surface area contributed by atoms with Crippen LogP contribution >= 0.6 is 0 Å². The average molecular weight is 821 g/mol. The zero-order valence-corrected chi connectivity index (χ0v) is 31.2. The molecule has 0 fully saturated rings. The first-order valence-corrected chi connectivity index (χ1v) is 20.2. The van der Waals surface area contributed by atoms with Crippen LogP contribution in [-0.4, -0.2) is 67.9 Å². The molecule has 288 valence electrons. The Morgan fingerprint density at radius 1 is 0.571 bits per heavy atom. The highest BCUT2D eigenvalue weighted by molar-refractivity contribution is 7.91. The van der Waals surface area contributed by atoms with Crippen LogP contribution in [0.3, 0.4) is 0 Å². The number of fused-ring (bicyclic) bond motifs is 2. The van der Waals surface area contributed by atoms with Gasteiger partial charge < -0.3 is 10.6 Å². The Morgan fingerprint density at radius 2 is 1.04 bits per heavy atom. The Morgan fingerprint density at radius 3 is 1.46 bits per heavy atom. The Hall–Kier alpha value is -6.36. The Kier molecular flexibility index (Phi) is 10.3. The summed E-state index contributed by atoms with van der Waals surface area (Å²) in [5.74, 6) is -1.74. The van der Waals surface area contributed by atoms with E-state index in [1.54, 1.807) is 31.2 Å². The molecule has 0 aliphatic heterocycles. The van der Waals surface area contributed by atoms with Crippen LogP contribution in [0.25, 0.3) is 12.2 Å². The van der Waals surface area contributed by atoms with Crippen LogP contribution in [-0.2, 0) is 30.4 Å². The van der Waals surface area contributed by atoms with Gasteiger partial charge in [-0.3, -0.25) is 34.1 Å². The number of carbonyl (C=O) groups is 3. The molecule has 0 saturated heterocycles. The molecule has 18 nitrogen and oxygen atoms in total. The molecule has 0 heterocycles. The summed E-state index contributed by atoms with van der Waals surface area (Å²) in [6, 6.07) is 17.3. The summed E-state index contributed by atoms with van der Waals surface area (Å²) < 4.78 is 101. The zero-order valence-electron chi connectivity index (χ0n) is 28.8. The van der Waals surface area contributed by atoms with Crippen LogP contribution < -0.4 is 21.5 Å². The number of para-hydroxylation sites is 1. The number of hydrogen-bond acceptors (Lipinski definition) is 13. The van der Waals surface area contributed by atoms with Crippen molar-refractivity contribution in [2.45, 2.75) is 18.7 Å². The standard InChI is InChI=1S/C35H28N6O12S3/c1-18-5-3-4-6-27(18)38-40-31-29(55(48,49)50)16-20-14-22(7-10-25(20)33(31)42)36-35(44)37-23-8-11-26-21(15-23)17-30(56(51,52)53)32(34(26)43)41-39-28-12-9-24(13-19(28)2)54(45,46)47/h3-17,38-39H,1-2H3,(H2,36,37,44)(H,45,46,47)(H,48,49,50)(H,51,52,53)/b40-31+,41-32-. The number of benzene rings is 4. The highest BCUT2D eigenvalue weighted by Crippen LogP contribution is 2.31. The number of aryl methyl sites for hydroxylation is 2. The highest BCUT2D eigenvalue weighted by atomic mass is 32.2. The molecule has 2 aliphatic rings. The summed E-state index contributed by atoms with van der Waals surface area (Å²) in [5.41, 5.74) is 5.67. The third-order valence-electron chi connectivity index (χ3n) is 8.35.